The predicted molar refractivity (Wildman–Crippen MR) is 62.2 cm³/mol. The van der Waals surface area contributed by atoms with Crippen molar-refractivity contribution in [2.45, 2.75) is 5.38 Å². The molecule has 76 valence electrons. The van der Waals surface area contributed by atoms with Gasteiger partial charge in [-0.3, -0.25) is 0 Å². The Hall–Kier alpha value is -1.47. The molecule has 1 nitrogen and oxygen atoms in total. The number of aromatic hydroxyl groups is 1. The Labute approximate surface area is 94.0 Å². The minimum atomic E-state index is -0.160. The minimum absolute atomic E-state index is 0.160. The quantitative estimate of drug-likeness (QED) is 0.762. The zero-order valence-corrected chi connectivity index (χ0v) is 8.85. The van der Waals surface area contributed by atoms with Crippen molar-refractivity contribution in [2.75, 3.05) is 0 Å². The van der Waals surface area contributed by atoms with Crippen molar-refractivity contribution in [3.8, 4) is 5.75 Å². The molecule has 15 heavy (non-hydrogen) atoms. The second-order valence-corrected chi connectivity index (χ2v) is 3.80. The summed E-state index contributed by atoms with van der Waals surface area (Å²) in [4.78, 5) is 0. The summed E-state index contributed by atoms with van der Waals surface area (Å²) >= 11 is 6.30. The fourth-order valence-corrected chi connectivity index (χ4v) is 1.75. The van der Waals surface area contributed by atoms with Crippen LogP contribution in [0.25, 0.3) is 0 Å². The van der Waals surface area contributed by atoms with E-state index in [1.54, 1.807) is 12.1 Å². The molecule has 0 fully saturated rings. The zero-order valence-electron chi connectivity index (χ0n) is 8.10. The molecule has 0 radical (unpaired) electrons. The molecular formula is C13H11ClO. The normalized spacial score (nSPS) is 12.3. The lowest BCUT2D eigenvalue weighted by molar-refractivity contribution is 0.475. The SMILES string of the molecule is Oc1ccc(C(Cl)c2ccccc2)cc1. The van der Waals surface area contributed by atoms with E-state index in [2.05, 4.69) is 0 Å². The van der Waals surface area contributed by atoms with Crippen LogP contribution in [0.2, 0.25) is 0 Å². The molecule has 0 aliphatic heterocycles. The van der Waals surface area contributed by atoms with E-state index >= 15 is 0 Å². The highest BCUT2D eigenvalue weighted by atomic mass is 35.5. The number of benzene rings is 2. The Bertz CT molecular complexity index is 422. The highest BCUT2D eigenvalue weighted by molar-refractivity contribution is 6.22. The van der Waals surface area contributed by atoms with E-state index in [1.165, 1.54) is 0 Å². The summed E-state index contributed by atoms with van der Waals surface area (Å²) in [7, 11) is 0. The van der Waals surface area contributed by atoms with Crippen molar-refractivity contribution in [3.63, 3.8) is 0 Å². The fraction of sp³-hybridized carbons (Fsp3) is 0.0769. The van der Waals surface area contributed by atoms with Crippen LogP contribution in [0.15, 0.2) is 54.6 Å². The second kappa shape index (κ2) is 4.37. The number of alkyl halides is 1. The van der Waals surface area contributed by atoms with Crippen molar-refractivity contribution in [2.24, 2.45) is 0 Å². The maximum Gasteiger partial charge on any atom is 0.115 e. The van der Waals surface area contributed by atoms with Gasteiger partial charge >= 0.3 is 0 Å². The molecule has 0 amide bonds. The zero-order chi connectivity index (χ0) is 10.7. The van der Waals surface area contributed by atoms with Gasteiger partial charge in [-0.25, -0.2) is 0 Å². The molecule has 0 aliphatic rings. The van der Waals surface area contributed by atoms with Gasteiger partial charge in [0.1, 0.15) is 5.75 Å². The Morgan fingerprint density at radius 1 is 0.800 bits per heavy atom. The summed E-state index contributed by atoms with van der Waals surface area (Å²) in [6.45, 7) is 0. The molecule has 1 unspecified atom stereocenters. The van der Waals surface area contributed by atoms with Crippen LogP contribution >= 0.6 is 11.6 Å². The second-order valence-electron chi connectivity index (χ2n) is 3.36. The van der Waals surface area contributed by atoms with Crippen molar-refractivity contribution in [1.29, 1.82) is 0 Å². The van der Waals surface area contributed by atoms with Crippen LogP contribution in [0.1, 0.15) is 16.5 Å². The molecule has 0 aromatic heterocycles. The number of phenols is 1. The highest BCUT2D eigenvalue weighted by Crippen LogP contribution is 2.29. The van der Waals surface area contributed by atoms with E-state index in [1.807, 2.05) is 42.5 Å². The third-order valence-electron chi connectivity index (χ3n) is 2.28. The first-order chi connectivity index (χ1) is 7.27. The lowest BCUT2D eigenvalue weighted by Crippen LogP contribution is -1.91. The average molecular weight is 219 g/mol. The molecule has 0 bridgehead atoms. The molecule has 0 saturated carbocycles. The maximum absolute atomic E-state index is 9.17. The van der Waals surface area contributed by atoms with Crippen LogP contribution in [0.5, 0.6) is 5.75 Å². The molecule has 2 heteroatoms. The average Bonchev–Trinajstić information content (AvgIpc) is 2.30. The molecule has 0 heterocycles. The number of halogens is 1. The van der Waals surface area contributed by atoms with Crippen LogP contribution in [0, 0.1) is 0 Å². The van der Waals surface area contributed by atoms with Gasteiger partial charge in [-0.1, -0.05) is 42.5 Å². The van der Waals surface area contributed by atoms with Gasteiger partial charge in [0.25, 0.3) is 0 Å². The Kier molecular flexibility index (Phi) is 2.93. The Morgan fingerprint density at radius 2 is 1.33 bits per heavy atom. The van der Waals surface area contributed by atoms with Gasteiger partial charge in [0.05, 0.1) is 5.38 Å². The summed E-state index contributed by atoms with van der Waals surface area (Å²) in [5.74, 6) is 0.260. The molecule has 1 N–H and O–H groups in total. The minimum Gasteiger partial charge on any atom is -0.508 e. The summed E-state index contributed by atoms with van der Waals surface area (Å²) < 4.78 is 0. The Balaban J connectivity index is 2.29. The predicted octanol–water partition coefficient (Wildman–Crippen LogP) is 3.72. The molecule has 2 aromatic rings. The van der Waals surface area contributed by atoms with Crippen molar-refractivity contribution in [1.82, 2.24) is 0 Å². The van der Waals surface area contributed by atoms with Crippen molar-refractivity contribution >= 4 is 11.6 Å². The number of phenolic OH excluding ortho intramolecular Hbond substituents is 1. The highest BCUT2D eigenvalue weighted by Gasteiger charge is 2.09. The van der Waals surface area contributed by atoms with Gasteiger partial charge in [-0.2, -0.15) is 0 Å². The van der Waals surface area contributed by atoms with E-state index in [0.29, 0.717) is 0 Å². The van der Waals surface area contributed by atoms with E-state index < -0.39 is 0 Å². The van der Waals surface area contributed by atoms with Gasteiger partial charge in [0.15, 0.2) is 0 Å². The van der Waals surface area contributed by atoms with Gasteiger partial charge in [0, 0.05) is 0 Å². The topological polar surface area (TPSA) is 20.2 Å². The largest absolute Gasteiger partial charge is 0.508 e. The van der Waals surface area contributed by atoms with E-state index in [-0.39, 0.29) is 11.1 Å². The standard InChI is InChI=1S/C13H11ClO/c14-13(10-4-2-1-3-5-10)11-6-8-12(15)9-7-11/h1-9,13,15H. The third kappa shape index (κ3) is 2.31. The van der Waals surface area contributed by atoms with Crippen LogP contribution in [0.3, 0.4) is 0 Å². The lowest BCUT2D eigenvalue weighted by atomic mass is 10.0. The molecule has 1 atom stereocenters. The Morgan fingerprint density at radius 3 is 1.93 bits per heavy atom. The third-order valence-corrected chi connectivity index (χ3v) is 2.78. The van der Waals surface area contributed by atoms with Gasteiger partial charge in [0.2, 0.25) is 0 Å². The van der Waals surface area contributed by atoms with Crippen molar-refractivity contribution in [3.05, 3.63) is 65.7 Å². The van der Waals surface area contributed by atoms with Gasteiger partial charge in [-0.15, -0.1) is 11.6 Å². The van der Waals surface area contributed by atoms with E-state index in [4.69, 9.17) is 16.7 Å². The molecule has 0 aliphatic carbocycles. The molecule has 0 spiro atoms. The number of hydrogen-bond donors (Lipinski definition) is 1. The van der Waals surface area contributed by atoms with Gasteiger partial charge in [-0.05, 0) is 23.3 Å². The first-order valence-electron chi connectivity index (χ1n) is 4.75. The first kappa shape index (κ1) is 10.1. The van der Waals surface area contributed by atoms with Crippen LogP contribution in [0.4, 0.5) is 0 Å². The molecule has 2 aromatic carbocycles. The van der Waals surface area contributed by atoms with E-state index in [0.717, 1.165) is 11.1 Å². The molecular weight excluding hydrogens is 208 g/mol. The molecule has 0 saturated heterocycles. The first-order valence-corrected chi connectivity index (χ1v) is 5.19. The summed E-state index contributed by atoms with van der Waals surface area (Å²) in [5.41, 5.74) is 2.05. The van der Waals surface area contributed by atoms with Crippen LogP contribution < -0.4 is 0 Å². The smallest absolute Gasteiger partial charge is 0.115 e. The number of hydrogen-bond acceptors (Lipinski definition) is 1. The summed E-state index contributed by atoms with van der Waals surface area (Å²) in [6.07, 6.45) is 0. The van der Waals surface area contributed by atoms with Gasteiger partial charge < -0.3 is 5.11 Å². The van der Waals surface area contributed by atoms with Crippen molar-refractivity contribution < 1.29 is 5.11 Å². The lowest BCUT2D eigenvalue weighted by Gasteiger charge is -2.09. The maximum atomic E-state index is 9.17. The summed E-state index contributed by atoms with van der Waals surface area (Å²) in [6, 6.07) is 16.8. The molecule has 2 rings (SSSR count). The van der Waals surface area contributed by atoms with Crippen LogP contribution in [-0.4, -0.2) is 5.11 Å². The monoisotopic (exact) mass is 218 g/mol. The number of rotatable bonds is 2. The summed E-state index contributed by atoms with van der Waals surface area (Å²) in [5, 5.41) is 9.01. The van der Waals surface area contributed by atoms with Crippen LogP contribution in [-0.2, 0) is 0 Å². The van der Waals surface area contributed by atoms with E-state index in [9.17, 15) is 0 Å². The fourth-order valence-electron chi connectivity index (χ4n) is 1.46.